The van der Waals surface area contributed by atoms with Gasteiger partial charge in [0.15, 0.2) is 0 Å². The van der Waals surface area contributed by atoms with Crippen molar-refractivity contribution in [3.05, 3.63) is 0 Å². The molecule has 0 radical (unpaired) electrons. The first-order chi connectivity index (χ1) is 10.4. The number of rotatable bonds is 15. The van der Waals surface area contributed by atoms with E-state index in [0.717, 1.165) is 25.7 Å². The third-order valence-corrected chi connectivity index (χ3v) is 6.69. The molecule has 0 unspecified atom stereocenters. The minimum absolute atomic E-state index is 0.665. The van der Waals surface area contributed by atoms with Crippen LogP contribution in [0.25, 0.3) is 0 Å². The topological polar surface area (TPSA) is 57.5 Å². The first kappa shape index (κ1) is 22.1. The molecule has 0 aliphatic heterocycles. The Morgan fingerprint density at radius 3 is 1.32 bits per heavy atom. The highest BCUT2D eigenvalue weighted by atomic mass is 31.2. The molecule has 0 fully saturated rings. The molecule has 0 saturated heterocycles. The Morgan fingerprint density at radius 2 is 1.00 bits per heavy atom. The molecule has 0 atom stereocenters. The van der Waals surface area contributed by atoms with E-state index in [9.17, 15) is 14.4 Å². The molecule has 3 nitrogen and oxygen atoms in total. The van der Waals surface area contributed by atoms with Gasteiger partial charge < -0.3 is 9.79 Å². The van der Waals surface area contributed by atoms with Crippen LogP contribution in [0.4, 0.5) is 0 Å². The Kier molecular flexibility index (Phi) is 12.6. The number of unbranched alkanes of at least 4 members (excludes halogenated alkanes) is 10. The lowest BCUT2D eigenvalue weighted by molar-refractivity contribution is 0.306. The molecular formula is C18H39O3P. The van der Waals surface area contributed by atoms with Crippen molar-refractivity contribution in [2.45, 2.75) is 116 Å². The highest BCUT2D eigenvalue weighted by molar-refractivity contribution is 7.53. The molecule has 0 heterocycles. The molecule has 0 spiro atoms. The summed E-state index contributed by atoms with van der Waals surface area (Å²) in [6, 6.07) is 0. The second-order valence-corrected chi connectivity index (χ2v) is 9.24. The predicted molar refractivity (Wildman–Crippen MR) is 96.4 cm³/mol. The van der Waals surface area contributed by atoms with Crippen LogP contribution in [0, 0.1) is 0 Å². The smallest absolute Gasteiger partial charge is 0.324 e. The monoisotopic (exact) mass is 334 g/mol. The van der Waals surface area contributed by atoms with E-state index >= 15 is 0 Å². The van der Waals surface area contributed by atoms with Crippen LogP contribution in [0.5, 0.6) is 0 Å². The average molecular weight is 334 g/mol. The van der Waals surface area contributed by atoms with Crippen LogP contribution in [0.3, 0.4) is 0 Å². The maximum absolute atomic E-state index is 11.9. The summed E-state index contributed by atoms with van der Waals surface area (Å²) in [6.45, 7) is 6.20. The van der Waals surface area contributed by atoms with Crippen LogP contribution in [0.1, 0.15) is 111 Å². The quantitative estimate of drug-likeness (QED) is 0.268. The maximum Gasteiger partial charge on any atom is 0.331 e. The largest absolute Gasteiger partial charge is 0.331 e. The highest BCUT2D eigenvalue weighted by Gasteiger charge is 2.40. The normalized spacial score (nSPS) is 12.8. The van der Waals surface area contributed by atoms with E-state index in [1.165, 1.54) is 51.4 Å². The lowest BCUT2D eigenvalue weighted by Gasteiger charge is -2.30. The lowest BCUT2D eigenvalue weighted by atomic mass is 9.95. The van der Waals surface area contributed by atoms with Crippen LogP contribution in [-0.4, -0.2) is 14.9 Å². The third kappa shape index (κ3) is 10.0. The van der Waals surface area contributed by atoms with Gasteiger partial charge >= 0.3 is 7.60 Å². The van der Waals surface area contributed by atoms with Gasteiger partial charge in [-0.3, -0.25) is 4.57 Å². The third-order valence-electron chi connectivity index (χ3n) is 4.84. The molecule has 0 aromatic rings. The standard InChI is InChI=1S/C18H39O3P/c1-4-6-8-10-12-14-16-18(3,22(19,20)21)17-15-13-11-9-7-5-2/h4-17H2,1-3H3,(H2,19,20,21). The van der Waals surface area contributed by atoms with Gasteiger partial charge in [0.05, 0.1) is 5.16 Å². The van der Waals surface area contributed by atoms with Gasteiger partial charge in [-0.05, 0) is 19.8 Å². The number of hydrogen-bond acceptors (Lipinski definition) is 1. The van der Waals surface area contributed by atoms with Gasteiger partial charge in [0, 0.05) is 0 Å². The molecule has 0 aromatic heterocycles. The second kappa shape index (κ2) is 12.6. The summed E-state index contributed by atoms with van der Waals surface area (Å²) < 4.78 is 11.9. The van der Waals surface area contributed by atoms with Crippen molar-refractivity contribution in [3.8, 4) is 0 Å². The van der Waals surface area contributed by atoms with E-state index in [1.54, 1.807) is 6.92 Å². The second-order valence-electron chi connectivity index (χ2n) is 7.08. The molecule has 2 N–H and O–H groups in total. The molecule has 0 amide bonds. The van der Waals surface area contributed by atoms with E-state index in [1.807, 2.05) is 0 Å². The minimum atomic E-state index is -4.01. The summed E-state index contributed by atoms with van der Waals surface area (Å²) in [6.07, 6.45) is 15.3. The van der Waals surface area contributed by atoms with E-state index in [4.69, 9.17) is 0 Å². The van der Waals surface area contributed by atoms with Crippen LogP contribution in [0.15, 0.2) is 0 Å². The Bertz CT molecular complexity index is 283. The van der Waals surface area contributed by atoms with Crippen LogP contribution >= 0.6 is 7.60 Å². The van der Waals surface area contributed by atoms with E-state index in [-0.39, 0.29) is 0 Å². The molecule has 134 valence electrons. The fourth-order valence-corrected chi connectivity index (χ4v) is 3.89. The van der Waals surface area contributed by atoms with E-state index < -0.39 is 12.8 Å². The van der Waals surface area contributed by atoms with Crippen molar-refractivity contribution in [3.63, 3.8) is 0 Å². The van der Waals surface area contributed by atoms with Gasteiger partial charge in [0.2, 0.25) is 0 Å². The molecule has 0 bridgehead atoms. The fraction of sp³-hybridized carbons (Fsp3) is 1.00. The summed E-state index contributed by atoms with van der Waals surface area (Å²) in [5.41, 5.74) is 0. The first-order valence-electron chi connectivity index (χ1n) is 9.43. The zero-order chi connectivity index (χ0) is 16.9. The molecule has 0 aliphatic carbocycles. The van der Waals surface area contributed by atoms with Gasteiger partial charge in [0.1, 0.15) is 0 Å². The summed E-state index contributed by atoms with van der Waals surface area (Å²) in [5, 5.41) is -0.803. The maximum atomic E-state index is 11.9. The molecule has 0 aliphatic rings. The molecular weight excluding hydrogens is 295 g/mol. The Hall–Kier alpha value is 0.150. The highest BCUT2D eigenvalue weighted by Crippen LogP contribution is 2.55. The molecule has 0 saturated carbocycles. The molecule has 0 aromatic carbocycles. The molecule has 0 rings (SSSR count). The van der Waals surface area contributed by atoms with E-state index in [2.05, 4.69) is 13.8 Å². The summed E-state index contributed by atoms with van der Waals surface area (Å²) in [7, 11) is -4.01. The Morgan fingerprint density at radius 1 is 0.682 bits per heavy atom. The zero-order valence-corrected chi connectivity index (χ0v) is 16.0. The lowest BCUT2D eigenvalue weighted by Crippen LogP contribution is -2.24. The van der Waals surface area contributed by atoms with Crippen molar-refractivity contribution in [1.82, 2.24) is 0 Å². The van der Waals surface area contributed by atoms with Crippen LogP contribution in [-0.2, 0) is 4.57 Å². The Labute approximate surface area is 138 Å². The van der Waals surface area contributed by atoms with Gasteiger partial charge in [-0.25, -0.2) is 0 Å². The molecule has 4 heteroatoms. The van der Waals surface area contributed by atoms with Crippen molar-refractivity contribution in [1.29, 1.82) is 0 Å². The van der Waals surface area contributed by atoms with Crippen LogP contribution in [0.2, 0.25) is 0 Å². The summed E-state index contributed by atoms with van der Waals surface area (Å²) >= 11 is 0. The van der Waals surface area contributed by atoms with Gasteiger partial charge in [-0.15, -0.1) is 0 Å². The zero-order valence-electron chi connectivity index (χ0n) is 15.1. The predicted octanol–water partition coefficient (Wildman–Crippen LogP) is 6.42. The number of hydrogen-bond donors (Lipinski definition) is 2. The average Bonchev–Trinajstić information content (AvgIpc) is 2.45. The van der Waals surface area contributed by atoms with Gasteiger partial charge in [-0.1, -0.05) is 90.9 Å². The van der Waals surface area contributed by atoms with Crippen molar-refractivity contribution in [2.24, 2.45) is 0 Å². The van der Waals surface area contributed by atoms with E-state index in [0.29, 0.717) is 12.8 Å². The molecule has 22 heavy (non-hydrogen) atoms. The minimum Gasteiger partial charge on any atom is -0.324 e. The summed E-state index contributed by atoms with van der Waals surface area (Å²) in [5.74, 6) is 0. The van der Waals surface area contributed by atoms with Crippen molar-refractivity contribution < 1.29 is 14.4 Å². The summed E-state index contributed by atoms with van der Waals surface area (Å²) in [4.78, 5) is 19.5. The van der Waals surface area contributed by atoms with Crippen LogP contribution < -0.4 is 0 Å². The van der Waals surface area contributed by atoms with Crippen molar-refractivity contribution in [2.75, 3.05) is 0 Å². The van der Waals surface area contributed by atoms with Crippen molar-refractivity contribution >= 4 is 7.60 Å². The first-order valence-corrected chi connectivity index (χ1v) is 11.0. The SMILES string of the molecule is CCCCCCCCC(C)(CCCCCCCC)P(=O)(O)O. The van der Waals surface area contributed by atoms with Gasteiger partial charge in [0.25, 0.3) is 0 Å². The Balaban J connectivity index is 4.06. The fourth-order valence-electron chi connectivity index (χ4n) is 2.99. The van der Waals surface area contributed by atoms with Gasteiger partial charge in [-0.2, -0.15) is 0 Å².